The molecule has 1 saturated heterocycles. The highest BCUT2D eigenvalue weighted by atomic mass is 35.5. The molecular weight excluding hydrogens is 320 g/mol. The first kappa shape index (κ1) is 16.7. The van der Waals surface area contributed by atoms with Crippen LogP contribution < -0.4 is 0 Å². The van der Waals surface area contributed by atoms with Crippen LogP contribution in [0.15, 0.2) is 0 Å². The molecule has 2 fully saturated rings. The minimum Gasteiger partial charge on any atom is -0.381 e. The van der Waals surface area contributed by atoms with Gasteiger partial charge in [-0.2, -0.15) is 0 Å². The average molecular weight is 343 g/mol. The number of hydrogen-bond acceptors (Lipinski definition) is 5. The van der Waals surface area contributed by atoms with E-state index in [-0.39, 0.29) is 28.9 Å². The van der Waals surface area contributed by atoms with Gasteiger partial charge < -0.3 is 14.4 Å². The third kappa shape index (κ3) is 3.22. The van der Waals surface area contributed by atoms with Gasteiger partial charge in [-0.05, 0) is 37.3 Å². The van der Waals surface area contributed by atoms with Crippen LogP contribution in [0.5, 0.6) is 0 Å². The number of nitrogens with zero attached hydrogens (tertiary/aromatic N) is 3. The largest absolute Gasteiger partial charge is 0.381 e. The predicted octanol–water partition coefficient (Wildman–Crippen LogP) is 1.58. The third-order valence-electron chi connectivity index (χ3n) is 5.28. The molecule has 1 N–H and O–H groups in total. The number of fused-ring (bicyclic) bond motifs is 1. The van der Waals surface area contributed by atoms with Gasteiger partial charge in [0.1, 0.15) is 5.82 Å². The van der Waals surface area contributed by atoms with E-state index in [1.165, 1.54) is 0 Å². The first-order valence-corrected chi connectivity index (χ1v) is 8.40. The number of aromatic nitrogens is 3. The molecule has 0 bridgehead atoms. The topological polar surface area (TPSA) is 80.3 Å². The van der Waals surface area contributed by atoms with E-state index >= 15 is 0 Å². The lowest BCUT2D eigenvalue weighted by Crippen LogP contribution is -2.53. The Morgan fingerprint density at radius 1 is 1.48 bits per heavy atom. The monoisotopic (exact) mass is 342 g/mol. The first-order valence-electron chi connectivity index (χ1n) is 8.02. The molecule has 128 valence electrons. The van der Waals surface area contributed by atoms with Crippen molar-refractivity contribution in [1.29, 1.82) is 0 Å². The van der Waals surface area contributed by atoms with Crippen molar-refractivity contribution in [1.82, 2.24) is 20.1 Å². The van der Waals surface area contributed by atoms with Crippen LogP contribution in [0.1, 0.15) is 37.9 Å². The highest BCUT2D eigenvalue weighted by Gasteiger charge is 2.52. The van der Waals surface area contributed by atoms with Gasteiger partial charge in [0, 0.05) is 33.6 Å². The number of likely N-dealkylation sites (tertiary alicyclic amines) is 1. The molecule has 1 aromatic heterocycles. The molecule has 3 rings (SSSR count). The summed E-state index contributed by atoms with van der Waals surface area (Å²) >= 11 is 5.68. The highest BCUT2D eigenvalue weighted by molar-refractivity contribution is 6.28. The molecule has 3 atom stereocenters. The number of halogens is 1. The third-order valence-corrected chi connectivity index (χ3v) is 5.44. The molecule has 0 spiro atoms. The average Bonchev–Trinajstić information content (AvgIpc) is 3.15. The van der Waals surface area contributed by atoms with E-state index in [0.29, 0.717) is 18.7 Å². The van der Waals surface area contributed by atoms with E-state index in [2.05, 4.69) is 15.2 Å². The second kappa shape index (κ2) is 6.75. The lowest BCUT2D eigenvalue weighted by Gasteiger charge is -2.43. The fourth-order valence-corrected chi connectivity index (χ4v) is 4.07. The number of rotatable bonds is 5. The lowest BCUT2D eigenvalue weighted by atomic mass is 9.79. The van der Waals surface area contributed by atoms with Crippen LogP contribution >= 0.6 is 11.6 Å². The van der Waals surface area contributed by atoms with Crippen LogP contribution in [0.2, 0.25) is 5.28 Å². The molecule has 0 aromatic carbocycles. The summed E-state index contributed by atoms with van der Waals surface area (Å²) in [4.78, 5) is 18.7. The molecule has 1 aromatic rings. The summed E-state index contributed by atoms with van der Waals surface area (Å²) in [6.07, 6.45) is 4.75. The van der Waals surface area contributed by atoms with E-state index < -0.39 is 0 Å². The summed E-state index contributed by atoms with van der Waals surface area (Å²) in [6, 6.07) is 0.0945. The minimum atomic E-state index is -0.208. The molecule has 1 aliphatic heterocycles. The van der Waals surface area contributed by atoms with Crippen molar-refractivity contribution >= 4 is 17.5 Å². The van der Waals surface area contributed by atoms with E-state index in [9.17, 15) is 4.79 Å². The maximum atomic E-state index is 12.7. The number of carbonyl (C=O) groups is 1. The molecule has 7 nitrogen and oxygen atoms in total. The number of H-pyrrole nitrogens is 1. The highest BCUT2D eigenvalue weighted by Crippen LogP contribution is 2.43. The van der Waals surface area contributed by atoms with Crippen LogP contribution in [-0.4, -0.2) is 64.5 Å². The van der Waals surface area contributed by atoms with Gasteiger partial charge in [0.15, 0.2) is 0 Å². The zero-order valence-electron chi connectivity index (χ0n) is 13.5. The van der Waals surface area contributed by atoms with Gasteiger partial charge in [-0.1, -0.05) is 0 Å². The maximum absolute atomic E-state index is 12.7. The lowest BCUT2D eigenvalue weighted by molar-refractivity contribution is -0.140. The Morgan fingerprint density at radius 3 is 2.96 bits per heavy atom. The molecule has 23 heavy (non-hydrogen) atoms. The molecule has 0 unspecified atom stereocenters. The maximum Gasteiger partial charge on any atom is 0.242 e. The van der Waals surface area contributed by atoms with Crippen molar-refractivity contribution in [3.63, 3.8) is 0 Å². The van der Waals surface area contributed by atoms with Crippen molar-refractivity contribution in [2.24, 2.45) is 0 Å². The van der Waals surface area contributed by atoms with E-state index in [1.807, 2.05) is 4.90 Å². The summed E-state index contributed by atoms with van der Waals surface area (Å²) in [5.74, 6) is 0.761. The van der Waals surface area contributed by atoms with Gasteiger partial charge in [-0.3, -0.25) is 9.89 Å². The molecule has 2 aliphatic rings. The summed E-state index contributed by atoms with van der Waals surface area (Å²) in [5, 5.41) is 6.69. The van der Waals surface area contributed by atoms with Crippen LogP contribution in [0.4, 0.5) is 0 Å². The van der Waals surface area contributed by atoms with Crippen molar-refractivity contribution in [2.45, 2.75) is 56.3 Å². The summed E-state index contributed by atoms with van der Waals surface area (Å²) in [5.41, 5.74) is -0.208. The quantitative estimate of drug-likeness (QED) is 0.878. The summed E-state index contributed by atoms with van der Waals surface area (Å²) < 4.78 is 11.4. The van der Waals surface area contributed by atoms with Crippen LogP contribution in [0.3, 0.4) is 0 Å². The zero-order chi connectivity index (χ0) is 16.4. The number of nitrogens with one attached hydrogen (secondary N) is 1. The molecule has 2 heterocycles. The smallest absolute Gasteiger partial charge is 0.242 e. The number of methoxy groups -OCH3 is 2. The van der Waals surface area contributed by atoms with Crippen molar-refractivity contribution in [3.05, 3.63) is 11.1 Å². The SMILES string of the molecule is CO[C@H]1CC[C@@]2(OC)CCN(C(=O)CCc3nc(Cl)n[nH]3)[C@H]2C1. The van der Waals surface area contributed by atoms with Crippen LogP contribution in [-0.2, 0) is 20.7 Å². The van der Waals surface area contributed by atoms with Gasteiger partial charge in [0.05, 0.1) is 17.7 Å². The van der Waals surface area contributed by atoms with Crippen molar-refractivity contribution in [3.8, 4) is 0 Å². The number of aromatic amines is 1. The number of ether oxygens (including phenoxy) is 2. The minimum absolute atomic E-state index is 0.0945. The second-order valence-electron chi connectivity index (χ2n) is 6.31. The van der Waals surface area contributed by atoms with E-state index in [0.717, 1.165) is 32.2 Å². The Kier molecular flexibility index (Phi) is 4.89. The van der Waals surface area contributed by atoms with Gasteiger partial charge in [-0.15, -0.1) is 5.10 Å². The standard InChI is InChI=1S/C15H23ClN4O3/c1-22-10-5-6-15(23-2)7-8-20(11(15)9-10)13(21)4-3-12-17-14(16)19-18-12/h10-11H,3-9H2,1-2H3,(H,17,18,19)/t10-,11-,15+/m0/s1. The normalized spacial score (nSPS) is 30.5. The Morgan fingerprint density at radius 2 is 2.30 bits per heavy atom. The number of hydrogen-bond donors (Lipinski definition) is 1. The molecule has 1 aliphatic carbocycles. The van der Waals surface area contributed by atoms with Gasteiger partial charge in [-0.25, -0.2) is 4.98 Å². The molecule has 1 saturated carbocycles. The Balaban J connectivity index is 1.65. The van der Waals surface area contributed by atoms with E-state index in [1.54, 1.807) is 14.2 Å². The molecule has 0 radical (unpaired) electrons. The second-order valence-corrected chi connectivity index (χ2v) is 6.64. The summed E-state index contributed by atoms with van der Waals surface area (Å²) in [7, 11) is 3.49. The first-order chi connectivity index (χ1) is 11.1. The van der Waals surface area contributed by atoms with Gasteiger partial charge >= 0.3 is 0 Å². The fraction of sp³-hybridized carbons (Fsp3) is 0.800. The van der Waals surface area contributed by atoms with E-state index in [4.69, 9.17) is 21.1 Å². The number of aryl methyl sites for hydroxylation is 1. The van der Waals surface area contributed by atoms with Gasteiger partial charge in [0.25, 0.3) is 0 Å². The zero-order valence-corrected chi connectivity index (χ0v) is 14.3. The molecule has 1 amide bonds. The number of amides is 1. The fourth-order valence-electron chi connectivity index (χ4n) is 3.93. The van der Waals surface area contributed by atoms with Crippen molar-refractivity contribution < 1.29 is 14.3 Å². The van der Waals surface area contributed by atoms with Crippen molar-refractivity contribution in [2.75, 3.05) is 20.8 Å². The molecule has 8 heteroatoms. The van der Waals surface area contributed by atoms with Crippen LogP contribution in [0.25, 0.3) is 0 Å². The molecular formula is C15H23ClN4O3. The van der Waals surface area contributed by atoms with Crippen LogP contribution in [0, 0.1) is 0 Å². The Hall–Kier alpha value is -1.18. The predicted molar refractivity (Wildman–Crippen MR) is 84.2 cm³/mol. The Labute approximate surface area is 140 Å². The summed E-state index contributed by atoms with van der Waals surface area (Å²) in [6.45, 7) is 0.741. The number of carbonyl (C=O) groups excluding carboxylic acids is 1. The Bertz CT molecular complexity index is 567. The van der Waals surface area contributed by atoms with Gasteiger partial charge in [0.2, 0.25) is 11.2 Å².